The first-order valence-electron chi connectivity index (χ1n) is 7.75. The molecule has 0 unspecified atom stereocenters. The number of nitro groups is 1. The van der Waals surface area contributed by atoms with Crippen LogP contribution < -0.4 is 10.6 Å². The van der Waals surface area contributed by atoms with Crippen molar-refractivity contribution < 1.29 is 26.5 Å². The first-order chi connectivity index (χ1) is 12.6. The number of hydrogen-bond donors (Lipinski definition) is 2. The van der Waals surface area contributed by atoms with Crippen LogP contribution in [-0.4, -0.2) is 31.9 Å². The summed E-state index contributed by atoms with van der Waals surface area (Å²) in [6, 6.07) is 11.4. The fourth-order valence-corrected chi connectivity index (χ4v) is 2.99. The summed E-state index contributed by atoms with van der Waals surface area (Å²) in [6.45, 7) is 0.859. The zero-order chi connectivity index (χ0) is 20.1. The molecule has 0 saturated heterocycles. The minimum absolute atomic E-state index is 0.0548. The van der Waals surface area contributed by atoms with Gasteiger partial charge in [-0.2, -0.15) is 13.2 Å². The topological polar surface area (TPSA) is 101 Å². The first kappa shape index (κ1) is 20.5. The Balaban J connectivity index is 2.03. The van der Waals surface area contributed by atoms with Crippen LogP contribution in [0.1, 0.15) is 6.42 Å². The van der Waals surface area contributed by atoms with Crippen molar-refractivity contribution in [3.63, 3.8) is 0 Å². The van der Waals surface area contributed by atoms with Gasteiger partial charge in [0.2, 0.25) is 0 Å². The minimum atomic E-state index is -5.65. The molecule has 0 bridgehead atoms. The lowest BCUT2D eigenvalue weighted by atomic mass is 10.2. The molecule has 0 aromatic heterocycles. The van der Waals surface area contributed by atoms with Crippen LogP contribution in [0.2, 0.25) is 0 Å². The lowest BCUT2D eigenvalue weighted by Gasteiger charge is -2.11. The summed E-state index contributed by atoms with van der Waals surface area (Å²) < 4.78 is 60.6. The van der Waals surface area contributed by atoms with E-state index in [9.17, 15) is 31.7 Å². The van der Waals surface area contributed by atoms with Gasteiger partial charge >= 0.3 is 5.51 Å². The highest BCUT2D eigenvalue weighted by atomic mass is 32.2. The van der Waals surface area contributed by atoms with E-state index in [0.29, 0.717) is 31.6 Å². The highest BCUT2D eigenvalue weighted by Crippen LogP contribution is 2.34. The molecule has 0 heterocycles. The Kier molecular flexibility index (Phi) is 6.26. The number of hydrogen-bond acceptors (Lipinski definition) is 6. The predicted molar refractivity (Wildman–Crippen MR) is 94.4 cm³/mol. The maximum absolute atomic E-state index is 12.6. The maximum Gasteiger partial charge on any atom is 0.501 e. The monoisotopic (exact) mass is 403 g/mol. The number of nitrogens with zero attached hydrogens (tertiary/aromatic N) is 1. The molecule has 2 rings (SSSR count). The van der Waals surface area contributed by atoms with E-state index in [2.05, 4.69) is 10.6 Å². The highest BCUT2D eigenvalue weighted by molar-refractivity contribution is 7.92. The predicted octanol–water partition coefficient (Wildman–Crippen LogP) is 3.80. The Labute approximate surface area is 153 Å². The quantitative estimate of drug-likeness (QED) is 0.395. The average Bonchev–Trinajstić information content (AvgIpc) is 2.61. The Hall–Kier alpha value is -2.82. The largest absolute Gasteiger partial charge is 0.501 e. The summed E-state index contributed by atoms with van der Waals surface area (Å²) >= 11 is 0. The molecule has 7 nitrogen and oxygen atoms in total. The Morgan fingerprint density at radius 2 is 1.63 bits per heavy atom. The molecule has 11 heteroatoms. The van der Waals surface area contributed by atoms with Gasteiger partial charge in [-0.25, -0.2) is 8.42 Å². The maximum atomic E-state index is 12.6. The lowest BCUT2D eigenvalue weighted by Crippen LogP contribution is -2.23. The summed E-state index contributed by atoms with van der Waals surface area (Å²) in [5.41, 5.74) is -5.42. The lowest BCUT2D eigenvalue weighted by molar-refractivity contribution is -0.384. The van der Waals surface area contributed by atoms with E-state index in [1.807, 2.05) is 30.3 Å². The summed E-state index contributed by atoms with van der Waals surface area (Å²) in [7, 11) is -5.65. The van der Waals surface area contributed by atoms with Crippen LogP contribution in [0.3, 0.4) is 0 Å². The van der Waals surface area contributed by atoms with Crippen molar-refractivity contribution in [3.8, 4) is 0 Å². The van der Waals surface area contributed by atoms with E-state index in [0.717, 1.165) is 11.8 Å². The van der Waals surface area contributed by atoms with Gasteiger partial charge in [0, 0.05) is 24.8 Å². The van der Waals surface area contributed by atoms with Gasteiger partial charge in [-0.15, -0.1) is 0 Å². The number of para-hydroxylation sites is 1. The molecule has 0 aliphatic heterocycles. The molecular weight excluding hydrogens is 387 g/mol. The summed E-state index contributed by atoms with van der Waals surface area (Å²) in [4.78, 5) is 9.00. The van der Waals surface area contributed by atoms with E-state index >= 15 is 0 Å². The molecule has 27 heavy (non-hydrogen) atoms. The number of nitro benzene ring substituents is 1. The Morgan fingerprint density at radius 1 is 1.00 bits per heavy atom. The SMILES string of the molecule is O=[N+]([O-])c1cc(S(=O)(=O)C(F)(F)F)ccc1NCCCNc1ccccc1. The molecule has 2 aromatic carbocycles. The second-order valence-electron chi connectivity index (χ2n) is 5.46. The second-order valence-corrected chi connectivity index (χ2v) is 7.40. The molecular formula is C16H16F3N3O4S. The molecule has 0 aliphatic rings. The fourth-order valence-electron chi connectivity index (χ4n) is 2.21. The van der Waals surface area contributed by atoms with Crippen molar-refractivity contribution in [1.82, 2.24) is 0 Å². The van der Waals surface area contributed by atoms with Crippen LogP contribution in [0.15, 0.2) is 53.4 Å². The van der Waals surface area contributed by atoms with Gasteiger partial charge in [-0.3, -0.25) is 10.1 Å². The van der Waals surface area contributed by atoms with Crippen LogP contribution in [0.5, 0.6) is 0 Å². The van der Waals surface area contributed by atoms with Gasteiger partial charge in [0.05, 0.1) is 9.82 Å². The van der Waals surface area contributed by atoms with Crippen molar-refractivity contribution in [2.45, 2.75) is 16.8 Å². The highest BCUT2D eigenvalue weighted by Gasteiger charge is 2.47. The minimum Gasteiger partial charge on any atom is -0.385 e. The molecule has 0 amide bonds. The number of rotatable bonds is 8. The number of sulfone groups is 1. The van der Waals surface area contributed by atoms with Crippen molar-refractivity contribution in [3.05, 3.63) is 58.6 Å². The standard InChI is InChI=1S/C16H16F3N3O4S/c17-16(18,19)27(25,26)13-7-8-14(15(11-13)22(23)24)21-10-4-9-20-12-5-2-1-3-6-12/h1-3,5-8,11,20-21H,4,9-10H2. The van der Waals surface area contributed by atoms with Crippen molar-refractivity contribution in [2.75, 3.05) is 23.7 Å². The normalized spacial score (nSPS) is 11.8. The van der Waals surface area contributed by atoms with E-state index < -0.39 is 30.9 Å². The van der Waals surface area contributed by atoms with Crippen LogP contribution in [-0.2, 0) is 9.84 Å². The molecule has 146 valence electrons. The number of halogens is 3. The molecule has 2 aromatic rings. The Bertz CT molecular complexity index is 903. The van der Waals surface area contributed by atoms with E-state index in [1.165, 1.54) is 0 Å². The number of benzene rings is 2. The van der Waals surface area contributed by atoms with Gasteiger partial charge in [0.25, 0.3) is 15.5 Å². The van der Waals surface area contributed by atoms with Gasteiger partial charge < -0.3 is 10.6 Å². The third kappa shape index (κ3) is 5.09. The van der Waals surface area contributed by atoms with Gasteiger partial charge in [0.15, 0.2) is 0 Å². The molecule has 0 aliphatic carbocycles. The van der Waals surface area contributed by atoms with Crippen molar-refractivity contribution in [2.24, 2.45) is 0 Å². The fraction of sp³-hybridized carbons (Fsp3) is 0.250. The zero-order valence-corrected chi connectivity index (χ0v) is 14.7. The smallest absolute Gasteiger partial charge is 0.385 e. The molecule has 0 atom stereocenters. The summed E-state index contributed by atoms with van der Waals surface area (Å²) in [6.07, 6.45) is 0.564. The van der Waals surface area contributed by atoms with Gasteiger partial charge in [-0.1, -0.05) is 18.2 Å². The van der Waals surface area contributed by atoms with Crippen LogP contribution >= 0.6 is 0 Å². The molecule has 2 N–H and O–H groups in total. The summed E-state index contributed by atoms with van der Waals surface area (Å²) in [5.74, 6) is 0. The van der Waals surface area contributed by atoms with Gasteiger partial charge in [0.1, 0.15) is 5.69 Å². The second kappa shape index (κ2) is 8.25. The van der Waals surface area contributed by atoms with Crippen LogP contribution in [0.4, 0.5) is 30.2 Å². The molecule has 0 fully saturated rings. The molecule has 0 radical (unpaired) electrons. The van der Waals surface area contributed by atoms with Gasteiger partial charge in [-0.05, 0) is 30.7 Å². The molecule has 0 saturated carbocycles. The van der Waals surface area contributed by atoms with Crippen LogP contribution in [0.25, 0.3) is 0 Å². The zero-order valence-electron chi connectivity index (χ0n) is 13.9. The number of nitrogens with one attached hydrogen (secondary N) is 2. The number of alkyl halides is 3. The van der Waals surface area contributed by atoms with E-state index in [1.54, 1.807) is 0 Å². The third-order valence-corrected chi connectivity index (χ3v) is 5.04. The van der Waals surface area contributed by atoms with Crippen molar-refractivity contribution in [1.29, 1.82) is 0 Å². The first-order valence-corrected chi connectivity index (χ1v) is 9.24. The third-order valence-electron chi connectivity index (χ3n) is 3.55. The average molecular weight is 403 g/mol. The van der Waals surface area contributed by atoms with Crippen molar-refractivity contribution >= 4 is 26.9 Å². The Morgan fingerprint density at radius 3 is 2.22 bits per heavy atom. The number of anilines is 2. The van der Waals surface area contributed by atoms with E-state index in [4.69, 9.17) is 0 Å². The molecule has 0 spiro atoms. The van der Waals surface area contributed by atoms with Crippen LogP contribution in [0, 0.1) is 10.1 Å². The van der Waals surface area contributed by atoms with E-state index in [-0.39, 0.29) is 5.69 Å². The summed E-state index contributed by atoms with van der Waals surface area (Å²) in [5, 5.41) is 17.0.